The highest BCUT2D eigenvalue weighted by molar-refractivity contribution is 6.30. The van der Waals surface area contributed by atoms with Gasteiger partial charge in [0.1, 0.15) is 11.6 Å². The van der Waals surface area contributed by atoms with E-state index in [0.717, 1.165) is 55.8 Å². The minimum atomic E-state index is 0.338. The van der Waals surface area contributed by atoms with Crippen LogP contribution in [0.3, 0.4) is 0 Å². The van der Waals surface area contributed by atoms with Crippen LogP contribution in [0, 0.1) is 0 Å². The summed E-state index contributed by atoms with van der Waals surface area (Å²) in [6.07, 6.45) is 1.72. The summed E-state index contributed by atoms with van der Waals surface area (Å²) >= 11 is 5.92. The second-order valence-electron chi connectivity index (χ2n) is 7.55. The Labute approximate surface area is 161 Å². The summed E-state index contributed by atoms with van der Waals surface area (Å²) in [5.74, 6) is 2.76. The van der Waals surface area contributed by atoms with Crippen LogP contribution < -0.4 is 4.90 Å². The summed E-state index contributed by atoms with van der Waals surface area (Å²) in [7, 11) is 0. The Balaban J connectivity index is 1.66. The van der Waals surface area contributed by atoms with E-state index < -0.39 is 0 Å². The van der Waals surface area contributed by atoms with Gasteiger partial charge in [-0.2, -0.15) is 0 Å². The molecule has 1 aliphatic heterocycles. The van der Waals surface area contributed by atoms with E-state index in [1.54, 1.807) is 6.20 Å². The van der Waals surface area contributed by atoms with Crippen molar-refractivity contribution >= 4 is 17.4 Å². The minimum Gasteiger partial charge on any atom is -0.354 e. The maximum Gasteiger partial charge on any atom is 0.133 e. The third-order valence-electron chi connectivity index (χ3n) is 4.73. The number of hydrogen-bond donors (Lipinski definition) is 0. The molecule has 1 fully saturated rings. The molecule has 0 aromatic carbocycles. The molecule has 26 heavy (non-hydrogen) atoms. The van der Waals surface area contributed by atoms with Crippen molar-refractivity contribution in [3.8, 4) is 0 Å². The molecule has 0 saturated carbocycles. The second-order valence-corrected chi connectivity index (χ2v) is 7.99. The predicted molar refractivity (Wildman–Crippen MR) is 107 cm³/mol. The molecule has 140 valence electrons. The molecule has 0 aliphatic carbocycles. The van der Waals surface area contributed by atoms with Gasteiger partial charge in [-0.25, -0.2) is 9.97 Å². The van der Waals surface area contributed by atoms with Crippen LogP contribution in [0.15, 0.2) is 24.4 Å². The van der Waals surface area contributed by atoms with E-state index in [1.165, 1.54) is 0 Å². The van der Waals surface area contributed by atoms with Crippen LogP contribution >= 0.6 is 11.6 Å². The maximum absolute atomic E-state index is 5.92. The first kappa shape index (κ1) is 19.1. The standard InChI is InChI=1S/C20H28ClN5/c1-14(2)18-11-19(24-20(23-18)15(3)4)26-9-7-25(8-10-26)13-17-6-5-16(21)12-22-17/h5-6,11-12,14-15H,7-10,13H2,1-4H3. The number of pyridine rings is 1. The summed E-state index contributed by atoms with van der Waals surface area (Å²) in [6, 6.07) is 6.07. The highest BCUT2D eigenvalue weighted by Gasteiger charge is 2.20. The molecule has 1 saturated heterocycles. The van der Waals surface area contributed by atoms with Gasteiger partial charge in [0, 0.05) is 56.6 Å². The fraction of sp³-hybridized carbons (Fsp3) is 0.550. The van der Waals surface area contributed by atoms with E-state index in [-0.39, 0.29) is 0 Å². The Kier molecular flexibility index (Phi) is 6.09. The van der Waals surface area contributed by atoms with Crippen LogP contribution in [0.5, 0.6) is 0 Å². The second kappa shape index (κ2) is 8.31. The quantitative estimate of drug-likeness (QED) is 0.789. The largest absolute Gasteiger partial charge is 0.354 e. The Morgan fingerprint density at radius 1 is 1.00 bits per heavy atom. The van der Waals surface area contributed by atoms with E-state index in [0.29, 0.717) is 16.9 Å². The van der Waals surface area contributed by atoms with Crippen LogP contribution in [0.1, 0.15) is 56.7 Å². The molecule has 0 spiro atoms. The zero-order valence-electron chi connectivity index (χ0n) is 16.1. The van der Waals surface area contributed by atoms with Gasteiger partial charge in [0.25, 0.3) is 0 Å². The van der Waals surface area contributed by atoms with Crippen molar-refractivity contribution in [2.75, 3.05) is 31.1 Å². The lowest BCUT2D eigenvalue weighted by Crippen LogP contribution is -2.46. The molecule has 2 aromatic rings. The number of halogens is 1. The summed E-state index contributed by atoms with van der Waals surface area (Å²) in [5, 5.41) is 0.684. The molecule has 2 aromatic heterocycles. The van der Waals surface area contributed by atoms with Gasteiger partial charge in [-0.15, -0.1) is 0 Å². The van der Waals surface area contributed by atoms with Crippen molar-refractivity contribution in [2.24, 2.45) is 0 Å². The van der Waals surface area contributed by atoms with E-state index in [4.69, 9.17) is 21.6 Å². The Hall–Kier alpha value is -1.72. The molecule has 1 aliphatic rings. The molecular weight excluding hydrogens is 346 g/mol. The summed E-state index contributed by atoms with van der Waals surface area (Å²) in [4.78, 5) is 18.8. The van der Waals surface area contributed by atoms with E-state index in [9.17, 15) is 0 Å². The van der Waals surface area contributed by atoms with Gasteiger partial charge >= 0.3 is 0 Å². The lowest BCUT2D eigenvalue weighted by molar-refractivity contribution is 0.246. The van der Waals surface area contributed by atoms with Crippen LogP contribution in [-0.2, 0) is 6.54 Å². The van der Waals surface area contributed by atoms with Gasteiger partial charge in [-0.3, -0.25) is 9.88 Å². The van der Waals surface area contributed by atoms with Gasteiger partial charge in [0.05, 0.1) is 10.7 Å². The van der Waals surface area contributed by atoms with E-state index >= 15 is 0 Å². The van der Waals surface area contributed by atoms with Gasteiger partial charge in [-0.05, 0) is 18.1 Å². The van der Waals surface area contributed by atoms with Crippen LogP contribution in [-0.4, -0.2) is 46.0 Å². The highest BCUT2D eigenvalue weighted by atomic mass is 35.5. The zero-order valence-corrected chi connectivity index (χ0v) is 16.9. The van der Waals surface area contributed by atoms with Gasteiger partial charge in [0.2, 0.25) is 0 Å². The van der Waals surface area contributed by atoms with Crippen LogP contribution in [0.4, 0.5) is 5.82 Å². The topological polar surface area (TPSA) is 45.2 Å². The lowest BCUT2D eigenvalue weighted by Gasteiger charge is -2.35. The molecule has 0 amide bonds. The number of hydrogen-bond acceptors (Lipinski definition) is 5. The highest BCUT2D eigenvalue weighted by Crippen LogP contribution is 2.23. The summed E-state index contributed by atoms with van der Waals surface area (Å²) in [5.41, 5.74) is 2.19. The third-order valence-corrected chi connectivity index (χ3v) is 4.95. The van der Waals surface area contributed by atoms with Crippen molar-refractivity contribution < 1.29 is 0 Å². The fourth-order valence-corrected chi connectivity index (χ4v) is 3.16. The maximum atomic E-state index is 5.92. The monoisotopic (exact) mass is 373 g/mol. The molecule has 0 bridgehead atoms. The molecule has 0 unspecified atom stereocenters. The normalized spacial score (nSPS) is 15.9. The predicted octanol–water partition coefficient (Wildman–Crippen LogP) is 4.09. The van der Waals surface area contributed by atoms with E-state index in [1.807, 2.05) is 12.1 Å². The molecule has 6 heteroatoms. The van der Waals surface area contributed by atoms with Gasteiger partial charge in [-0.1, -0.05) is 39.3 Å². The average molecular weight is 374 g/mol. The number of anilines is 1. The first-order chi connectivity index (χ1) is 12.4. The number of piperazine rings is 1. The first-order valence-electron chi connectivity index (χ1n) is 9.39. The van der Waals surface area contributed by atoms with Crippen LogP contribution in [0.2, 0.25) is 5.02 Å². The SMILES string of the molecule is CC(C)c1cc(N2CCN(Cc3ccc(Cl)cn3)CC2)nc(C(C)C)n1. The molecule has 0 N–H and O–H groups in total. The molecule has 3 heterocycles. The first-order valence-corrected chi connectivity index (χ1v) is 9.76. The Morgan fingerprint density at radius 3 is 2.31 bits per heavy atom. The molecule has 0 atom stereocenters. The zero-order chi connectivity index (χ0) is 18.7. The van der Waals surface area contributed by atoms with Gasteiger partial charge < -0.3 is 4.90 Å². The van der Waals surface area contributed by atoms with E-state index in [2.05, 4.69) is 48.5 Å². The van der Waals surface area contributed by atoms with Crippen molar-refractivity contribution in [1.29, 1.82) is 0 Å². The number of aromatic nitrogens is 3. The molecule has 0 radical (unpaired) electrons. The summed E-state index contributed by atoms with van der Waals surface area (Å²) < 4.78 is 0. The smallest absolute Gasteiger partial charge is 0.133 e. The van der Waals surface area contributed by atoms with Gasteiger partial charge in [0.15, 0.2) is 0 Å². The average Bonchev–Trinajstić information content (AvgIpc) is 2.64. The lowest BCUT2D eigenvalue weighted by atomic mass is 10.1. The van der Waals surface area contributed by atoms with Crippen molar-refractivity contribution in [1.82, 2.24) is 19.9 Å². The van der Waals surface area contributed by atoms with Crippen LogP contribution in [0.25, 0.3) is 0 Å². The molecule has 3 rings (SSSR count). The Bertz CT molecular complexity index is 695. The van der Waals surface area contributed by atoms with Crippen molar-refractivity contribution in [2.45, 2.75) is 46.1 Å². The molecule has 5 nitrogen and oxygen atoms in total. The van der Waals surface area contributed by atoms with Crippen molar-refractivity contribution in [3.05, 3.63) is 46.6 Å². The molecular formula is C20H28ClN5. The minimum absolute atomic E-state index is 0.338. The summed E-state index contributed by atoms with van der Waals surface area (Å²) in [6.45, 7) is 13.5. The number of nitrogens with zero attached hydrogens (tertiary/aromatic N) is 5. The number of rotatable bonds is 5. The Morgan fingerprint density at radius 2 is 1.73 bits per heavy atom. The fourth-order valence-electron chi connectivity index (χ4n) is 3.05. The van der Waals surface area contributed by atoms with Crippen molar-refractivity contribution in [3.63, 3.8) is 0 Å². The third kappa shape index (κ3) is 4.71.